The van der Waals surface area contributed by atoms with Crippen LogP contribution in [0.15, 0.2) is 41.3 Å². The van der Waals surface area contributed by atoms with Crippen LogP contribution in [0.3, 0.4) is 0 Å². The van der Waals surface area contributed by atoms with Crippen LogP contribution < -0.4 is 14.8 Å². The van der Waals surface area contributed by atoms with Crippen LogP contribution in [0.1, 0.15) is 5.56 Å². The average molecular weight is 455 g/mol. The van der Waals surface area contributed by atoms with Crippen LogP contribution in [-0.4, -0.2) is 58.7 Å². The number of halogens is 1. The number of nitrogens with zero attached hydrogens (tertiary/aromatic N) is 1. The number of carbonyl (C=O) groups is 1. The third-order valence-corrected chi connectivity index (χ3v) is 6.72. The van der Waals surface area contributed by atoms with Gasteiger partial charge in [0.2, 0.25) is 10.0 Å². The standard InChI is InChI=1S/C20H23ClN2O6S/c1-14-3-6-18(19(11-14)27-2)29-13-20(24)22-17-12-15(4-5-16(17)21)30(25,26)23-7-9-28-10-8-23/h3-6,11-12H,7-10,13H2,1-2H3,(H,22,24). The van der Waals surface area contributed by atoms with Gasteiger partial charge in [-0.05, 0) is 42.8 Å². The van der Waals surface area contributed by atoms with Gasteiger partial charge in [0, 0.05) is 13.1 Å². The SMILES string of the molecule is COc1cc(C)ccc1OCC(=O)Nc1cc(S(=O)(=O)N2CCOCC2)ccc1Cl. The third kappa shape index (κ3) is 5.23. The Morgan fingerprint density at radius 3 is 2.60 bits per heavy atom. The van der Waals surface area contributed by atoms with Crippen molar-refractivity contribution in [1.82, 2.24) is 4.31 Å². The van der Waals surface area contributed by atoms with Gasteiger partial charge in [0.15, 0.2) is 18.1 Å². The molecule has 30 heavy (non-hydrogen) atoms. The van der Waals surface area contributed by atoms with E-state index in [1.165, 1.54) is 29.6 Å². The number of aryl methyl sites for hydroxylation is 1. The van der Waals surface area contributed by atoms with Gasteiger partial charge in [-0.25, -0.2) is 8.42 Å². The van der Waals surface area contributed by atoms with E-state index in [1.807, 2.05) is 13.0 Å². The summed E-state index contributed by atoms with van der Waals surface area (Å²) >= 11 is 6.15. The van der Waals surface area contributed by atoms with Crippen molar-refractivity contribution in [2.45, 2.75) is 11.8 Å². The number of ether oxygens (including phenoxy) is 3. The Hall–Kier alpha value is -2.33. The van der Waals surface area contributed by atoms with E-state index in [-0.39, 0.29) is 35.3 Å². The molecular weight excluding hydrogens is 432 g/mol. The van der Waals surface area contributed by atoms with Gasteiger partial charge in [-0.3, -0.25) is 4.79 Å². The molecule has 2 aromatic rings. The van der Waals surface area contributed by atoms with Gasteiger partial charge in [-0.2, -0.15) is 4.31 Å². The molecule has 0 aliphatic carbocycles. The molecule has 0 radical (unpaired) electrons. The summed E-state index contributed by atoms with van der Waals surface area (Å²) in [6.07, 6.45) is 0. The summed E-state index contributed by atoms with van der Waals surface area (Å²) in [6.45, 7) is 2.86. The van der Waals surface area contributed by atoms with Gasteiger partial charge in [0.25, 0.3) is 5.91 Å². The predicted molar refractivity (Wildman–Crippen MR) is 113 cm³/mol. The Morgan fingerprint density at radius 2 is 1.90 bits per heavy atom. The first-order valence-corrected chi connectivity index (χ1v) is 11.1. The molecule has 1 amide bonds. The molecule has 2 aromatic carbocycles. The highest BCUT2D eigenvalue weighted by atomic mass is 35.5. The second-order valence-electron chi connectivity index (χ2n) is 6.65. The van der Waals surface area contributed by atoms with Crippen LogP contribution in [0.2, 0.25) is 5.02 Å². The number of morpholine rings is 1. The maximum atomic E-state index is 12.8. The van der Waals surface area contributed by atoms with E-state index in [0.29, 0.717) is 24.7 Å². The minimum Gasteiger partial charge on any atom is -0.493 e. The van der Waals surface area contributed by atoms with E-state index in [4.69, 9.17) is 25.8 Å². The minimum atomic E-state index is -3.71. The van der Waals surface area contributed by atoms with E-state index >= 15 is 0 Å². The van der Waals surface area contributed by atoms with Crippen molar-refractivity contribution in [2.24, 2.45) is 0 Å². The molecule has 3 rings (SSSR count). The van der Waals surface area contributed by atoms with Gasteiger partial charge in [-0.15, -0.1) is 0 Å². The van der Waals surface area contributed by atoms with Crippen LogP contribution in [0.5, 0.6) is 11.5 Å². The van der Waals surface area contributed by atoms with Crippen LogP contribution in [0, 0.1) is 6.92 Å². The highest BCUT2D eigenvalue weighted by Gasteiger charge is 2.27. The van der Waals surface area contributed by atoms with Gasteiger partial charge >= 0.3 is 0 Å². The van der Waals surface area contributed by atoms with Crippen molar-refractivity contribution in [3.63, 3.8) is 0 Å². The van der Waals surface area contributed by atoms with Crippen molar-refractivity contribution in [3.8, 4) is 11.5 Å². The molecule has 10 heteroatoms. The number of anilines is 1. The highest BCUT2D eigenvalue weighted by molar-refractivity contribution is 7.89. The predicted octanol–water partition coefficient (Wildman–Crippen LogP) is 2.70. The molecule has 0 bridgehead atoms. The Bertz CT molecular complexity index is 1020. The maximum absolute atomic E-state index is 12.8. The molecule has 0 aromatic heterocycles. The molecule has 1 aliphatic rings. The normalized spacial score (nSPS) is 14.9. The summed E-state index contributed by atoms with van der Waals surface area (Å²) in [5.74, 6) is 0.452. The summed E-state index contributed by atoms with van der Waals surface area (Å²) < 4.78 is 43.0. The largest absolute Gasteiger partial charge is 0.493 e. The molecule has 1 N–H and O–H groups in total. The molecule has 162 valence electrons. The lowest BCUT2D eigenvalue weighted by Crippen LogP contribution is -2.40. The topological polar surface area (TPSA) is 94.2 Å². The Balaban J connectivity index is 1.70. The van der Waals surface area contributed by atoms with E-state index in [0.717, 1.165) is 5.56 Å². The zero-order valence-electron chi connectivity index (χ0n) is 16.7. The number of hydrogen-bond donors (Lipinski definition) is 1. The number of sulfonamides is 1. The van der Waals surface area contributed by atoms with Gasteiger partial charge < -0.3 is 19.5 Å². The number of methoxy groups -OCH3 is 1. The molecule has 1 fully saturated rings. The number of rotatable bonds is 7. The smallest absolute Gasteiger partial charge is 0.262 e. The Labute approximate surface area is 180 Å². The lowest BCUT2D eigenvalue weighted by Gasteiger charge is -2.26. The fourth-order valence-electron chi connectivity index (χ4n) is 2.92. The minimum absolute atomic E-state index is 0.0465. The second-order valence-corrected chi connectivity index (χ2v) is 8.99. The second kappa shape index (κ2) is 9.65. The number of carbonyl (C=O) groups excluding carboxylic acids is 1. The van der Waals surface area contributed by atoms with E-state index < -0.39 is 15.9 Å². The van der Waals surface area contributed by atoms with E-state index in [9.17, 15) is 13.2 Å². The number of nitrogens with one attached hydrogen (secondary N) is 1. The highest BCUT2D eigenvalue weighted by Crippen LogP contribution is 2.29. The summed E-state index contributed by atoms with van der Waals surface area (Å²) in [4.78, 5) is 12.4. The molecule has 0 unspecified atom stereocenters. The average Bonchev–Trinajstić information content (AvgIpc) is 2.74. The van der Waals surface area contributed by atoms with Crippen molar-refractivity contribution >= 4 is 33.2 Å². The van der Waals surface area contributed by atoms with Crippen LogP contribution in [0.4, 0.5) is 5.69 Å². The first-order valence-electron chi connectivity index (χ1n) is 9.26. The molecule has 1 aliphatic heterocycles. The Morgan fingerprint density at radius 1 is 1.17 bits per heavy atom. The Kier molecular flexibility index (Phi) is 7.19. The molecular formula is C20H23ClN2O6S. The zero-order valence-corrected chi connectivity index (χ0v) is 18.3. The van der Waals surface area contributed by atoms with Crippen molar-refractivity contribution in [2.75, 3.05) is 45.3 Å². The van der Waals surface area contributed by atoms with Crippen LogP contribution in [0.25, 0.3) is 0 Å². The maximum Gasteiger partial charge on any atom is 0.262 e. The summed E-state index contributed by atoms with van der Waals surface area (Å²) in [5.41, 5.74) is 1.18. The van der Waals surface area contributed by atoms with E-state index in [1.54, 1.807) is 12.1 Å². The van der Waals surface area contributed by atoms with Crippen LogP contribution in [-0.2, 0) is 19.6 Å². The van der Waals surface area contributed by atoms with Gasteiger partial charge in [-0.1, -0.05) is 17.7 Å². The van der Waals surface area contributed by atoms with Gasteiger partial charge in [0.05, 0.1) is 35.9 Å². The first-order chi connectivity index (χ1) is 14.3. The summed E-state index contributed by atoms with van der Waals surface area (Å²) in [7, 11) is -2.19. The monoisotopic (exact) mass is 454 g/mol. The van der Waals surface area contributed by atoms with Gasteiger partial charge in [0.1, 0.15) is 0 Å². The fraction of sp³-hybridized carbons (Fsp3) is 0.350. The first kappa shape index (κ1) is 22.4. The molecule has 0 saturated carbocycles. The van der Waals surface area contributed by atoms with E-state index in [2.05, 4.69) is 5.32 Å². The number of benzene rings is 2. The van der Waals surface area contributed by atoms with Crippen LogP contribution >= 0.6 is 11.6 Å². The van der Waals surface area contributed by atoms with Crippen molar-refractivity contribution < 1.29 is 27.4 Å². The number of hydrogen-bond acceptors (Lipinski definition) is 6. The molecule has 1 saturated heterocycles. The lowest BCUT2D eigenvalue weighted by atomic mass is 10.2. The molecule has 0 spiro atoms. The lowest BCUT2D eigenvalue weighted by molar-refractivity contribution is -0.118. The molecule has 0 atom stereocenters. The zero-order chi connectivity index (χ0) is 21.7. The van der Waals surface area contributed by atoms with Crippen molar-refractivity contribution in [3.05, 3.63) is 47.0 Å². The summed E-state index contributed by atoms with van der Waals surface area (Å²) in [5, 5.41) is 2.82. The fourth-order valence-corrected chi connectivity index (χ4v) is 4.52. The molecule has 1 heterocycles. The summed E-state index contributed by atoms with van der Waals surface area (Å²) in [6, 6.07) is 9.54. The van der Waals surface area contributed by atoms with Crippen molar-refractivity contribution in [1.29, 1.82) is 0 Å². The molecule has 8 nitrogen and oxygen atoms in total. The third-order valence-electron chi connectivity index (χ3n) is 4.50. The quantitative estimate of drug-likeness (QED) is 0.691. The number of amides is 1.